The molecule has 3 heteroatoms. The van der Waals surface area contributed by atoms with Gasteiger partial charge in [0.25, 0.3) is 0 Å². The number of aromatic nitrogens is 2. The second kappa shape index (κ2) is 3.94. The fraction of sp³-hybridized carbons (Fsp3) is 0.0714. The molecule has 0 spiro atoms. The van der Waals surface area contributed by atoms with E-state index in [1.165, 1.54) is 0 Å². The zero-order chi connectivity index (χ0) is 11.7. The van der Waals surface area contributed by atoms with Gasteiger partial charge in [0.05, 0.1) is 7.11 Å². The normalized spacial score (nSPS) is 10.6. The lowest BCUT2D eigenvalue weighted by Crippen LogP contribution is -1.82. The summed E-state index contributed by atoms with van der Waals surface area (Å²) in [6.45, 7) is 0. The molecule has 0 saturated carbocycles. The number of nitrogens with one attached hydrogen (secondary N) is 1. The monoisotopic (exact) mass is 224 g/mol. The van der Waals surface area contributed by atoms with Gasteiger partial charge in [-0.3, -0.25) is 0 Å². The zero-order valence-corrected chi connectivity index (χ0v) is 9.47. The maximum Gasteiger partial charge on any atom is 0.137 e. The number of pyridine rings is 1. The quantitative estimate of drug-likeness (QED) is 0.725. The van der Waals surface area contributed by atoms with Crippen molar-refractivity contribution < 1.29 is 4.74 Å². The van der Waals surface area contributed by atoms with Crippen molar-refractivity contribution in [3.63, 3.8) is 0 Å². The van der Waals surface area contributed by atoms with Gasteiger partial charge in [0.1, 0.15) is 11.4 Å². The largest absolute Gasteiger partial charge is 0.497 e. The Morgan fingerprint density at radius 2 is 1.94 bits per heavy atom. The summed E-state index contributed by atoms with van der Waals surface area (Å²) in [4.78, 5) is 7.45. The fourth-order valence-electron chi connectivity index (χ4n) is 1.97. The van der Waals surface area contributed by atoms with E-state index in [1.807, 2.05) is 24.4 Å². The van der Waals surface area contributed by atoms with Crippen molar-refractivity contribution in [1.29, 1.82) is 0 Å². The van der Waals surface area contributed by atoms with Crippen LogP contribution in [0.2, 0.25) is 0 Å². The summed E-state index contributed by atoms with van der Waals surface area (Å²) in [6.07, 6.45) is 3.77. The number of methoxy groups -OCH3 is 1. The van der Waals surface area contributed by atoms with Crippen LogP contribution in [0.4, 0.5) is 0 Å². The van der Waals surface area contributed by atoms with E-state index in [-0.39, 0.29) is 0 Å². The minimum Gasteiger partial charge on any atom is -0.497 e. The fourth-order valence-corrected chi connectivity index (χ4v) is 1.97. The molecule has 1 aromatic carbocycles. The molecular weight excluding hydrogens is 212 g/mol. The highest BCUT2D eigenvalue weighted by Gasteiger charge is 2.05. The molecule has 84 valence electrons. The van der Waals surface area contributed by atoms with Crippen LogP contribution in [0.15, 0.2) is 48.8 Å². The lowest BCUT2D eigenvalue weighted by atomic mass is 10.1. The molecule has 0 unspecified atom stereocenters. The highest BCUT2D eigenvalue weighted by molar-refractivity contribution is 5.93. The second-order valence-corrected chi connectivity index (χ2v) is 3.83. The molecule has 0 amide bonds. The first-order valence-electron chi connectivity index (χ1n) is 5.45. The van der Waals surface area contributed by atoms with E-state index < -0.39 is 0 Å². The Hall–Kier alpha value is -2.29. The number of fused-ring (bicyclic) bond motifs is 1. The van der Waals surface area contributed by atoms with Crippen molar-refractivity contribution in [2.24, 2.45) is 0 Å². The van der Waals surface area contributed by atoms with Crippen molar-refractivity contribution >= 4 is 11.0 Å². The number of H-pyrrole nitrogens is 1. The minimum atomic E-state index is 0.867. The van der Waals surface area contributed by atoms with E-state index >= 15 is 0 Å². The van der Waals surface area contributed by atoms with Crippen molar-refractivity contribution in [1.82, 2.24) is 9.97 Å². The second-order valence-electron chi connectivity index (χ2n) is 3.83. The first-order chi connectivity index (χ1) is 8.38. The summed E-state index contributed by atoms with van der Waals surface area (Å²) in [5.74, 6) is 0.867. The summed E-state index contributed by atoms with van der Waals surface area (Å²) < 4.78 is 5.15. The first-order valence-corrected chi connectivity index (χ1v) is 5.45. The van der Waals surface area contributed by atoms with Crippen LogP contribution in [-0.2, 0) is 0 Å². The summed E-state index contributed by atoms with van der Waals surface area (Å²) in [6, 6.07) is 12.0. The Morgan fingerprint density at radius 1 is 1.12 bits per heavy atom. The Labute approximate surface area is 99.1 Å². The number of rotatable bonds is 2. The smallest absolute Gasteiger partial charge is 0.137 e. The van der Waals surface area contributed by atoms with Crippen LogP contribution in [0.1, 0.15) is 0 Å². The molecule has 0 atom stereocenters. The van der Waals surface area contributed by atoms with Crippen LogP contribution in [-0.4, -0.2) is 17.1 Å². The lowest BCUT2D eigenvalue weighted by Gasteiger charge is -2.02. The van der Waals surface area contributed by atoms with E-state index in [2.05, 4.69) is 28.2 Å². The van der Waals surface area contributed by atoms with E-state index in [0.29, 0.717) is 0 Å². The molecular formula is C14H12N2O. The summed E-state index contributed by atoms with van der Waals surface area (Å²) in [5.41, 5.74) is 3.24. The predicted molar refractivity (Wildman–Crippen MR) is 68.1 cm³/mol. The standard InChI is InChI=1S/C14H12N2O/c1-17-11-6-4-10(5-7-11)13-9-16-14-12(13)3-2-8-15-14/h2-9H,1H3,(H,15,16). The van der Waals surface area contributed by atoms with Crippen LogP contribution in [0.5, 0.6) is 5.75 Å². The van der Waals surface area contributed by atoms with Gasteiger partial charge in [0, 0.05) is 23.3 Å². The summed E-state index contributed by atoms with van der Waals surface area (Å²) >= 11 is 0. The molecule has 3 nitrogen and oxygen atoms in total. The van der Waals surface area contributed by atoms with Crippen LogP contribution >= 0.6 is 0 Å². The average molecular weight is 224 g/mol. The van der Waals surface area contributed by atoms with Gasteiger partial charge in [-0.2, -0.15) is 0 Å². The lowest BCUT2D eigenvalue weighted by molar-refractivity contribution is 0.415. The third kappa shape index (κ3) is 1.65. The van der Waals surface area contributed by atoms with Gasteiger partial charge in [-0.15, -0.1) is 0 Å². The van der Waals surface area contributed by atoms with Gasteiger partial charge in [0.2, 0.25) is 0 Å². The van der Waals surface area contributed by atoms with Crippen molar-refractivity contribution in [2.45, 2.75) is 0 Å². The zero-order valence-electron chi connectivity index (χ0n) is 9.47. The van der Waals surface area contributed by atoms with Gasteiger partial charge in [-0.25, -0.2) is 4.98 Å². The molecule has 1 N–H and O–H groups in total. The first kappa shape index (κ1) is 9.90. The van der Waals surface area contributed by atoms with Crippen LogP contribution < -0.4 is 4.74 Å². The van der Waals surface area contributed by atoms with E-state index in [1.54, 1.807) is 13.3 Å². The molecule has 0 bridgehead atoms. The maximum absolute atomic E-state index is 5.15. The van der Waals surface area contributed by atoms with E-state index in [0.717, 1.165) is 27.9 Å². The van der Waals surface area contributed by atoms with Crippen molar-refractivity contribution in [3.05, 3.63) is 48.8 Å². The molecule has 17 heavy (non-hydrogen) atoms. The predicted octanol–water partition coefficient (Wildman–Crippen LogP) is 3.24. The highest BCUT2D eigenvalue weighted by Crippen LogP contribution is 2.28. The number of ether oxygens (including phenoxy) is 1. The van der Waals surface area contributed by atoms with Gasteiger partial charge >= 0.3 is 0 Å². The Kier molecular flexibility index (Phi) is 2.29. The maximum atomic E-state index is 5.15. The summed E-state index contributed by atoms with van der Waals surface area (Å²) in [5, 5.41) is 1.14. The van der Waals surface area contributed by atoms with E-state index in [9.17, 15) is 0 Å². The van der Waals surface area contributed by atoms with Crippen LogP contribution in [0, 0.1) is 0 Å². The van der Waals surface area contributed by atoms with Gasteiger partial charge < -0.3 is 9.72 Å². The minimum absolute atomic E-state index is 0.867. The molecule has 3 aromatic rings. The molecule has 0 fully saturated rings. The number of hydrogen-bond donors (Lipinski definition) is 1. The molecule has 2 aromatic heterocycles. The number of hydrogen-bond acceptors (Lipinski definition) is 2. The van der Waals surface area contributed by atoms with Gasteiger partial charge in [0.15, 0.2) is 0 Å². The molecule has 2 heterocycles. The Balaban J connectivity index is 2.13. The summed E-state index contributed by atoms with van der Waals surface area (Å²) in [7, 11) is 1.67. The van der Waals surface area contributed by atoms with Gasteiger partial charge in [-0.1, -0.05) is 12.1 Å². The number of nitrogens with zero attached hydrogens (tertiary/aromatic N) is 1. The van der Waals surface area contributed by atoms with Crippen LogP contribution in [0.3, 0.4) is 0 Å². The molecule has 0 aliphatic rings. The van der Waals surface area contributed by atoms with E-state index in [4.69, 9.17) is 4.74 Å². The van der Waals surface area contributed by atoms with Crippen molar-refractivity contribution in [3.8, 4) is 16.9 Å². The Morgan fingerprint density at radius 3 is 2.71 bits per heavy atom. The molecule has 0 saturated heterocycles. The third-order valence-corrected chi connectivity index (χ3v) is 2.85. The Bertz CT molecular complexity index is 641. The topological polar surface area (TPSA) is 37.9 Å². The average Bonchev–Trinajstić information content (AvgIpc) is 2.83. The van der Waals surface area contributed by atoms with Crippen molar-refractivity contribution in [2.75, 3.05) is 7.11 Å². The molecule has 0 aliphatic carbocycles. The molecule has 0 aliphatic heterocycles. The molecule has 3 rings (SSSR count). The number of benzene rings is 1. The third-order valence-electron chi connectivity index (χ3n) is 2.85. The SMILES string of the molecule is COc1ccc(-c2c[nH]c3ncccc23)cc1. The van der Waals surface area contributed by atoms with Gasteiger partial charge in [-0.05, 0) is 29.8 Å². The van der Waals surface area contributed by atoms with Crippen LogP contribution in [0.25, 0.3) is 22.2 Å². The highest BCUT2D eigenvalue weighted by atomic mass is 16.5. The molecule has 0 radical (unpaired) electrons. The number of aromatic amines is 1.